The van der Waals surface area contributed by atoms with Crippen molar-refractivity contribution in [3.63, 3.8) is 0 Å². The second-order valence-corrected chi connectivity index (χ2v) is 5.68. The van der Waals surface area contributed by atoms with Crippen LogP contribution in [0.1, 0.15) is 12.0 Å². The van der Waals surface area contributed by atoms with Gasteiger partial charge in [0.05, 0.1) is 0 Å². The zero-order valence-corrected chi connectivity index (χ0v) is 13.4. The van der Waals surface area contributed by atoms with Crippen molar-refractivity contribution in [3.05, 3.63) is 78.2 Å². The third-order valence-corrected chi connectivity index (χ3v) is 3.86. The summed E-state index contributed by atoms with van der Waals surface area (Å²) in [5.74, 6) is 0.181. The van der Waals surface area contributed by atoms with Gasteiger partial charge >= 0.3 is 0 Å². The number of anilines is 2. The van der Waals surface area contributed by atoms with Gasteiger partial charge in [-0.2, -0.15) is 0 Å². The third kappa shape index (κ3) is 4.10. The van der Waals surface area contributed by atoms with Gasteiger partial charge in [0.1, 0.15) is 11.6 Å². The average molecular weight is 321 g/mol. The number of rotatable bonds is 6. The van der Waals surface area contributed by atoms with E-state index in [2.05, 4.69) is 22.4 Å². The van der Waals surface area contributed by atoms with Crippen LogP contribution in [0.5, 0.6) is 0 Å². The number of benzene rings is 2. The first-order valence-electron chi connectivity index (χ1n) is 8.01. The number of nitrogens with zero attached hydrogens (tertiary/aromatic N) is 1. The van der Waals surface area contributed by atoms with Gasteiger partial charge in [0, 0.05) is 30.1 Å². The molecule has 0 saturated heterocycles. The fourth-order valence-corrected chi connectivity index (χ4v) is 2.66. The van der Waals surface area contributed by atoms with E-state index in [1.54, 1.807) is 18.3 Å². The Bertz CT molecular complexity index is 803. The molecule has 0 saturated carbocycles. The highest BCUT2D eigenvalue weighted by Crippen LogP contribution is 2.29. The summed E-state index contributed by atoms with van der Waals surface area (Å²) in [6.45, 7) is 0.806. The summed E-state index contributed by atoms with van der Waals surface area (Å²) in [5.41, 5.74) is 9.64. The van der Waals surface area contributed by atoms with Crippen LogP contribution in [0.2, 0.25) is 0 Å². The van der Waals surface area contributed by atoms with Crippen molar-refractivity contribution >= 4 is 11.5 Å². The quantitative estimate of drug-likeness (QED) is 0.657. The maximum atomic E-state index is 13.5. The van der Waals surface area contributed by atoms with Gasteiger partial charge in [-0.15, -0.1) is 0 Å². The van der Waals surface area contributed by atoms with Crippen LogP contribution in [0.15, 0.2) is 66.9 Å². The molecule has 4 heteroatoms. The predicted molar refractivity (Wildman–Crippen MR) is 97.3 cm³/mol. The molecule has 3 aromatic rings. The number of pyridine rings is 1. The molecule has 122 valence electrons. The van der Waals surface area contributed by atoms with Crippen LogP contribution in [0.25, 0.3) is 11.1 Å². The Morgan fingerprint density at radius 2 is 1.83 bits per heavy atom. The second-order valence-electron chi connectivity index (χ2n) is 5.68. The van der Waals surface area contributed by atoms with Gasteiger partial charge in [-0.05, 0) is 36.1 Å². The van der Waals surface area contributed by atoms with Crippen molar-refractivity contribution in [1.29, 1.82) is 0 Å². The summed E-state index contributed by atoms with van der Waals surface area (Å²) < 4.78 is 13.5. The second kappa shape index (κ2) is 7.59. The number of halogens is 1. The molecule has 0 radical (unpaired) electrons. The molecule has 0 fully saturated rings. The molecule has 0 bridgehead atoms. The van der Waals surface area contributed by atoms with Crippen LogP contribution in [0, 0.1) is 5.82 Å². The topological polar surface area (TPSA) is 50.9 Å². The Hall–Kier alpha value is -2.88. The maximum absolute atomic E-state index is 13.5. The molecule has 0 amide bonds. The molecule has 3 N–H and O–H groups in total. The fourth-order valence-electron chi connectivity index (χ4n) is 2.66. The Labute approximate surface area is 141 Å². The van der Waals surface area contributed by atoms with E-state index in [0.29, 0.717) is 5.82 Å². The van der Waals surface area contributed by atoms with Crippen LogP contribution < -0.4 is 11.1 Å². The van der Waals surface area contributed by atoms with Crippen LogP contribution in [0.3, 0.4) is 0 Å². The molecule has 24 heavy (non-hydrogen) atoms. The molecule has 0 aliphatic rings. The molecule has 2 aromatic carbocycles. The van der Waals surface area contributed by atoms with Gasteiger partial charge in [-0.3, -0.25) is 0 Å². The van der Waals surface area contributed by atoms with Gasteiger partial charge in [0.25, 0.3) is 0 Å². The van der Waals surface area contributed by atoms with Crippen molar-refractivity contribution in [2.24, 2.45) is 0 Å². The summed E-state index contributed by atoms with van der Waals surface area (Å²) in [6, 6.07) is 18.7. The van der Waals surface area contributed by atoms with Crippen molar-refractivity contribution in [2.75, 3.05) is 17.6 Å². The number of nitrogen functional groups attached to an aromatic ring is 1. The first kappa shape index (κ1) is 16.0. The lowest BCUT2D eigenvalue weighted by molar-refractivity contribution is 0.628. The van der Waals surface area contributed by atoms with E-state index in [0.717, 1.165) is 36.2 Å². The molecular weight excluding hydrogens is 301 g/mol. The molecule has 0 spiro atoms. The highest BCUT2D eigenvalue weighted by Gasteiger charge is 2.07. The largest absolute Gasteiger partial charge is 0.384 e. The van der Waals surface area contributed by atoms with E-state index in [1.165, 1.54) is 17.7 Å². The number of nitrogens with one attached hydrogen (secondary N) is 1. The lowest BCUT2D eigenvalue weighted by Crippen LogP contribution is -2.05. The maximum Gasteiger partial charge on any atom is 0.125 e. The minimum Gasteiger partial charge on any atom is -0.384 e. The molecule has 3 rings (SSSR count). The highest BCUT2D eigenvalue weighted by atomic mass is 19.1. The van der Waals surface area contributed by atoms with Gasteiger partial charge in [-0.25, -0.2) is 9.37 Å². The van der Waals surface area contributed by atoms with E-state index in [1.807, 2.05) is 24.3 Å². The molecular formula is C20H20FN3. The fraction of sp³-hybridized carbons (Fsp3) is 0.150. The van der Waals surface area contributed by atoms with Crippen molar-refractivity contribution in [2.45, 2.75) is 12.8 Å². The predicted octanol–water partition coefficient (Wildman–Crippen LogP) is 4.51. The summed E-state index contributed by atoms with van der Waals surface area (Å²) in [7, 11) is 0. The molecule has 3 nitrogen and oxygen atoms in total. The summed E-state index contributed by atoms with van der Waals surface area (Å²) >= 11 is 0. The Kier molecular flexibility index (Phi) is 5.06. The zero-order chi connectivity index (χ0) is 16.8. The molecule has 0 atom stereocenters. The third-order valence-electron chi connectivity index (χ3n) is 3.86. The van der Waals surface area contributed by atoms with Crippen LogP contribution in [0.4, 0.5) is 15.9 Å². The first-order chi connectivity index (χ1) is 11.7. The SMILES string of the molecule is Nc1cc(NCCCc2ccccc2)c(-c2cccc(F)c2)cn1. The van der Waals surface area contributed by atoms with Gasteiger partial charge < -0.3 is 11.1 Å². The number of aryl methyl sites for hydroxylation is 1. The number of hydrogen-bond donors (Lipinski definition) is 2. The van der Waals surface area contributed by atoms with Crippen LogP contribution in [-0.2, 0) is 6.42 Å². The molecule has 0 aliphatic carbocycles. The van der Waals surface area contributed by atoms with Gasteiger partial charge in [0.15, 0.2) is 0 Å². The van der Waals surface area contributed by atoms with E-state index in [9.17, 15) is 4.39 Å². The van der Waals surface area contributed by atoms with Crippen LogP contribution >= 0.6 is 0 Å². The Balaban J connectivity index is 1.69. The lowest BCUT2D eigenvalue weighted by atomic mass is 10.1. The monoisotopic (exact) mass is 321 g/mol. The van der Waals surface area contributed by atoms with E-state index in [-0.39, 0.29) is 5.82 Å². The lowest BCUT2D eigenvalue weighted by Gasteiger charge is -2.13. The van der Waals surface area contributed by atoms with Crippen molar-refractivity contribution < 1.29 is 4.39 Å². The minimum atomic E-state index is -0.264. The zero-order valence-electron chi connectivity index (χ0n) is 13.4. The number of nitrogens with two attached hydrogens (primary N) is 1. The normalized spacial score (nSPS) is 10.5. The Morgan fingerprint density at radius 1 is 1.00 bits per heavy atom. The highest BCUT2D eigenvalue weighted by molar-refractivity contribution is 5.78. The summed E-state index contributed by atoms with van der Waals surface area (Å²) in [5, 5.41) is 3.40. The van der Waals surface area contributed by atoms with E-state index >= 15 is 0 Å². The standard InChI is InChI=1S/C20H20FN3/c21-17-10-4-9-16(12-17)18-14-24-20(22)13-19(18)23-11-5-8-15-6-2-1-3-7-15/h1-4,6-7,9-10,12-14H,5,8,11H2,(H3,22,23,24). The van der Waals surface area contributed by atoms with Crippen molar-refractivity contribution in [3.8, 4) is 11.1 Å². The minimum absolute atomic E-state index is 0.264. The Morgan fingerprint density at radius 3 is 2.62 bits per heavy atom. The number of aromatic nitrogens is 1. The van der Waals surface area contributed by atoms with Gasteiger partial charge in [0.2, 0.25) is 0 Å². The first-order valence-corrected chi connectivity index (χ1v) is 8.01. The number of hydrogen-bond acceptors (Lipinski definition) is 3. The molecule has 0 unspecified atom stereocenters. The van der Waals surface area contributed by atoms with E-state index in [4.69, 9.17) is 5.73 Å². The van der Waals surface area contributed by atoms with E-state index < -0.39 is 0 Å². The molecule has 0 aliphatic heterocycles. The smallest absolute Gasteiger partial charge is 0.125 e. The molecule has 1 heterocycles. The molecule has 1 aromatic heterocycles. The summed E-state index contributed by atoms with van der Waals surface area (Å²) in [6.07, 6.45) is 3.68. The average Bonchev–Trinajstić information content (AvgIpc) is 2.60. The van der Waals surface area contributed by atoms with Crippen molar-refractivity contribution in [1.82, 2.24) is 4.98 Å². The summed E-state index contributed by atoms with van der Waals surface area (Å²) in [4.78, 5) is 4.14. The van der Waals surface area contributed by atoms with Gasteiger partial charge in [-0.1, -0.05) is 42.5 Å². The van der Waals surface area contributed by atoms with Crippen LogP contribution in [-0.4, -0.2) is 11.5 Å².